The van der Waals surface area contributed by atoms with Gasteiger partial charge in [-0.25, -0.2) is 26.9 Å². The highest BCUT2D eigenvalue weighted by molar-refractivity contribution is 5.61. The molecule has 0 fully saturated rings. The van der Waals surface area contributed by atoms with Gasteiger partial charge in [-0.3, -0.25) is 0 Å². The minimum absolute atomic E-state index is 0.0204. The normalized spacial score (nSPS) is 10.7. The summed E-state index contributed by atoms with van der Waals surface area (Å²) in [7, 11) is 0. The topological polar surface area (TPSA) is 49.8 Å². The Labute approximate surface area is 144 Å². The fourth-order valence-electron chi connectivity index (χ4n) is 2.18. The number of rotatable bonds is 4. The monoisotopic (exact) mass is 366 g/mol. The molecule has 0 aliphatic heterocycles. The molecule has 26 heavy (non-hydrogen) atoms. The molecular weight excluding hydrogens is 355 g/mol. The summed E-state index contributed by atoms with van der Waals surface area (Å²) in [5, 5.41) is 4.88. The zero-order valence-corrected chi connectivity index (χ0v) is 13.2. The molecule has 0 saturated heterocycles. The van der Waals surface area contributed by atoms with Crippen LogP contribution in [0.15, 0.2) is 36.4 Å². The summed E-state index contributed by atoms with van der Waals surface area (Å²) in [6.45, 7) is 1.57. The molecule has 0 spiro atoms. The average Bonchev–Trinajstić information content (AvgIpc) is 2.58. The van der Waals surface area contributed by atoms with Gasteiger partial charge in [0.25, 0.3) is 0 Å². The summed E-state index contributed by atoms with van der Waals surface area (Å²) in [4.78, 5) is 7.93. The van der Waals surface area contributed by atoms with Crippen LogP contribution in [0.25, 0.3) is 0 Å². The van der Waals surface area contributed by atoms with Crippen molar-refractivity contribution in [3.05, 3.63) is 71.2 Å². The SMILES string of the molecule is Cc1cc(Nc2c(F)cccc2F)nc(Nc2ccc(F)c(F)c2F)n1. The minimum Gasteiger partial charge on any atom is -0.335 e. The van der Waals surface area contributed by atoms with Crippen LogP contribution >= 0.6 is 0 Å². The van der Waals surface area contributed by atoms with Gasteiger partial charge >= 0.3 is 0 Å². The number of benzene rings is 2. The Bertz CT molecular complexity index is 957. The van der Waals surface area contributed by atoms with E-state index in [0.29, 0.717) is 5.69 Å². The van der Waals surface area contributed by atoms with Gasteiger partial charge in [-0.1, -0.05) is 6.07 Å². The zero-order chi connectivity index (χ0) is 18.8. The van der Waals surface area contributed by atoms with E-state index in [1.807, 2.05) is 0 Å². The number of nitrogens with one attached hydrogen (secondary N) is 2. The second-order valence-electron chi connectivity index (χ2n) is 5.29. The van der Waals surface area contributed by atoms with Crippen molar-refractivity contribution in [1.82, 2.24) is 9.97 Å². The van der Waals surface area contributed by atoms with Gasteiger partial charge in [0.15, 0.2) is 17.5 Å². The Balaban J connectivity index is 1.92. The Hall–Kier alpha value is -3.23. The number of para-hydroxylation sites is 1. The Morgan fingerprint density at radius 3 is 2.15 bits per heavy atom. The van der Waals surface area contributed by atoms with E-state index in [1.165, 1.54) is 12.1 Å². The van der Waals surface area contributed by atoms with E-state index in [9.17, 15) is 22.0 Å². The summed E-state index contributed by atoms with van der Waals surface area (Å²) in [6.07, 6.45) is 0. The maximum absolute atomic E-state index is 13.8. The van der Waals surface area contributed by atoms with Gasteiger partial charge in [-0.15, -0.1) is 0 Å². The van der Waals surface area contributed by atoms with Crippen LogP contribution in [0.4, 0.5) is 45.1 Å². The van der Waals surface area contributed by atoms with E-state index in [0.717, 1.165) is 24.3 Å². The molecule has 9 heteroatoms. The van der Waals surface area contributed by atoms with E-state index in [-0.39, 0.29) is 11.8 Å². The molecule has 0 atom stereocenters. The minimum atomic E-state index is -1.64. The molecule has 0 radical (unpaired) electrons. The largest absolute Gasteiger partial charge is 0.335 e. The number of anilines is 4. The first-order chi connectivity index (χ1) is 12.3. The molecule has 2 aromatic carbocycles. The van der Waals surface area contributed by atoms with E-state index in [4.69, 9.17) is 0 Å². The third kappa shape index (κ3) is 3.56. The zero-order valence-electron chi connectivity index (χ0n) is 13.2. The van der Waals surface area contributed by atoms with Crippen molar-refractivity contribution >= 4 is 23.1 Å². The van der Waals surface area contributed by atoms with Crippen LogP contribution in [-0.4, -0.2) is 9.97 Å². The van der Waals surface area contributed by atoms with E-state index >= 15 is 0 Å². The van der Waals surface area contributed by atoms with Crippen molar-refractivity contribution in [2.24, 2.45) is 0 Å². The predicted octanol–water partition coefficient (Wildman–Crippen LogP) is 4.97. The second-order valence-corrected chi connectivity index (χ2v) is 5.29. The number of halogens is 5. The smallest absolute Gasteiger partial charge is 0.229 e. The number of aryl methyl sites for hydroxylation is 1. The van der Waals surface area contributed by atoms with Crippen LogP contribution in [0.3, 0.4) is 0 Å². The van der Waals surface area contributed by atoms with Gasteiger partial charge in [-0.2, -0.15) is 4.98 Å². The van der Waals surface area contributed by atoms with Gasteiger partial charge in [0.1, 0.15) is 23.1 Å². The molecular formula is C17H11F5N4. The van der Waals surface area contributed by atoms with Crippen LogP contribution in [-0.2, 0) is 0 Å². The summed E-state index contributed by atoms with van der Waals surface area (Å²) >= 11 is 0. The molecule has 2 N–H and O–H groups in total. The maximum Gasteiger partial charge on any atom is 0.229 e. The number of hydrogen-bond donors (Lipinski definition) is 2. The summed E-state index contributed by atoms with van der Waals surface area (Å²) < 4.78 is 67.5. The summed E-state index contributed by atoms with van der Waals surface area (Å²) in [5.74, 6) is -6.24. The maximum atomic E-state index is 13.8. The fraction of sp³-hybridized carbons (Fsp3) is 0.0588. The van der Waals surface area contributed by atoms with Crippen LogP contribution in [0, 0.1) is 36.0 Å². The standard InChI is InChI=1S/C17H11F5N4/c1-8-7-13(25-16-10(19)3-2-4-11(16)20)26-17(23-8)24-12-6-5-9(18)14(21)15(12)22/h2-7H,1H3,(H2,23,24,25,26). The highest BCUT2D eigenvalue weighted by atomic mass is 19.2. The molecule has 0 saturated carbocycles. The summed E-state index contributed by atoms with van der Waals surface area (Å²) in [6, 6.07) is 6.46. The van der Waals surface area contributed by atoms with Crippen molar-refractivity contribution in [2.45, 2.75) is 6.92 Å². The van der Waals surface area contributed by atoms with Crippen LogP contribution in [0.2, 0.25) is 0 Å². The lowest BCUT2D eigenvalue weighted by atomic mass is 10.3. The highest BCUT2D eigenvalue weighted by Crippen LogP contribution is 2.25. The molecule has 0 unspecified atom stereocenters. The van der Waals surface area contributed by atoms with Crippen molar-refractivity contribution in [3.8, 4) is 0 Å². The first-order valence-corrected chi connectivity index (χ1v) is 7.32. The summed E-state index contributed by atoms with van der Waals surface area (Å²) in [5.41, 5.74) is -0.433. The van der Waals surface area contributed by atoms with Gasteiger partial charge in [-0.05, 0) is 31.2 Å². The molecule has 0 bridgehead atoms. The molecule has 134 valence electrons. The molecule has 3 aromatic rings. The van der Waals surface area contributed by atoms with Crippen LogP contribution < -0.4 is 10.6 Å². The number of aromatic nitrogens is 2. The molecule has 0 aliphatic carbocycles. The molecule has 4 nitrogen and oxygen atoms in total. The Morgan fingerprint density at radius 1 is 0.769 bits per heavy atom. The first-order valence-electron chi connectivity index (χ1n) is 7.32. The van der Waals surface area contributed by atoms with Crippen LogP contribution in [0.5, 0.6) is 0 Å². The lowest BCUT2D eigenvalue weighted by Gasteiger charge is -2.11. The quantitative estimate of drug-likeness (QED) is 0.506. The highest BCUT2D eigenvalue weighted by Gasteiger charge is 2.15. The fourth-order valence-corrected chi connectivity index (χ4v) is 2.18. The lowest BCUT2D eigenvalue weighted by molar-refractivity contribution is 0.449. The second kappa shape index (κ2) is 6.95. The first kappa shape index (κ1) is 17.6. The molecule has 0 aliphatic rings. The van der Waals surface area contributed by atoms with Crippen molar-refractivity contribution < 1.29 is 22.0 Å². The van der Waals surface area contributed by atoms with Gasteiger partial charge < -0.3 is 10.6 Å². The molecule has 3 rings (SSSR count). The third-order valence-electron chi connectivity index (χ3n) is 3.35. The van der Waals surface area contributed by atoms with Gasteiger partial charge in [0.05, 0.1) is 5.69 Å². The van der Waals surface area contributed by atoms with Crippen molar-refractivity contribution in [2.75, 3.05) is 10.6 Å². The van der Waals surface area contributed by atoms with Crippen LogP contribution in [0.1, 0.15) is 5.69 Å². The number of nitrogens with zero attached hydrogens (tertiary/aromatic N) is 2. The Kier molecular flexibility index (Phi) is 4.70. The third-order valence-corrected chi connectivity index (χ3v) is 3.35. The predicted molar refractivity (Wildman–Crippen MR) is 86.0 cm³/mol. The van der Waals surface area contributed by atoms with E-state index in [1.54, 1.807) is 6.92 Å². The average molecular weight is 366 g/mol. The molecule has 0 amide bonds. The van der Waals surface area contributed by atoms with E-state index in [2.05, 4.69) is 20.6 Å². The van der Waals surface area contributed by atoms with Gasteiger partial charge in [0.2, 0.25) is 5.95 Å². The van der Waals surface area contributed by atoms with Crippen molar-refractivity contribution in [3.63, 3.8) is 0 Å². The Morgan fingerprint density at radius 2 is 1.46 bits per heavy atom. The van der Waals surface area contributed by atoms with E-state index < -0.39 is 40.5 Å². The molecule has 1 heterocycles. The van der Waals surface area contributed by atoms with Gasteiger partial charge in [0, 0.05) is 11.8 Å². The number of hydrogen-bond acceptors (Lipinski definition) is 4. The lowest BCUT2D eigenvalue weighted by Crippen LogP contribution is -2.06. The van der Waals surface area contributed by atoms with Crippen molar-refractivity contribution in [1.29, 1.82) is 0 Å². The molecule has 1 aromatic heterocycles.